The van der Waals surface area contributed by atoms with Gasteiger partial charge >= 0.3 is 0 Å². The summed E-state index contributed by atoms with van der Waals surface area (Å²) in [5, 5.41) is 0.686. The number of carbonyl (C=O) groups excluding carboxylic acids is 2. The van der Waals surface area contributed by atoms with Crippen molar-refractivity contribution in [3.63, 3.8) is 0 Å². The van der Waals surface area contributed by atoms with E-state index in [0.717, 1.165) is 45.0 Å². The van der Waals surface area contributed by atoms with E-state index in [-0.39, 0.29) is 11.6 Å². The second kappa shape index (κ2) is 12.6. The van der Waals surface area contributed by atoms with Crippen LogP contribution in [0, 0.1) is 0 Å². The van der Waals surface area contributed by atoms with Crippen LogP contribution < -0.4 is 0 Å². The molecule has 0 saturated heterocycles. The molecule has 6 aromatic carbocycles. The molecule has 1 N–H and O–H groups in total. The maximum atomic E-state index is 12.7. The molecule has 1 aromatic heterocycles. The average Bonchev–Trinajstić information content (AvgIpc) is 3.57. The summed E-state index contributed by atoms with van der Waals surface area (Å²) in [5.74, 6) is 0.617. The highest BCUT2D eigenvalue weighted by Gasteiger charge is 2.29. The van der Waals surface area contributed by atoms with Gasteiger partial charge in [0.05, 0.1) is 16.4 Å². The standard InChI is InChI=1S/C21H15ClN2.C20H12O2/c22-18-14-8-7-13-17(18)21-23-19(15-9-3-1-4-10-15)20(24-21)16-11-5-2-6-12-16;21-19-15-8-4-5-9-16(15)20(22)18-12-14(10-11-17(18)19)13-6-2-1-3-7-13/h1-14H,(H,23,24);1-12H. The Bertz CT molecular complexity index is 2130. The first-order valence-electron chi connectivity index (χ1n) is 14.9. The van der Waals surface area contributed by atoms with Crippen molar-refractivity contribution >= 4 is 23.2 Å². The zero-order valence-electron chi connectivity index (χ0n) is 24.7. The minimum absolute atomic E-state index is 0.0789. The Morgan fingerprint density at radius 3 is 1.52 bits per heavy atom. The van der Waals surface area contributed by atoms with Crippen molar-refractivity contribution in [1.29, 1.82) is 0 Å². The zero-order chi connectivity index (χ0) is 31.5. The Hall–Kier alpha value is -5.84. The van der Waals surface area contributed by atoms with Crippen LogP contribution in [0.4, 0.5) is 0 Å². The lowest BCUT2D eigenvalue weighted by atomic mass is 9.83. The summed E-state index contributed by atoms with van der Waals surface area (Å²) >= 11 is 6.35. The quantitative estimate of drug-likeness (QED) is 0.214. The van der Waals surface area contributed by atoms with Crippen LogP contribution in [0.1, 0.15) is 31.8 Å². The molecule has 1 heterocycles. The smallest absolute Gasteiger partial charge is 0.194 e. The maximum Gasteiger partial charge on any atom is 0.194 e. The monoisotopic (exact) mass is 614 g/mol. The van der Waals surface area contributed by atoms with E-state index >= 15 is 0 Å². The Balaban J connectivity index is 0.000000147. The highest BCUT2D eigenvalue weighted by molar-refractivity contribution is 6.33. The number of halogens is 1. The van der Waals surface area contributed by atoms with Gasteiger partial charge in [0.1, 0.15) is 5.82 Å². The van der Waals surface area contributed by atoms with Crippen molar-refractivity contribution in [2.75, 3.05) is 0 Å². The van der Waals surface area contributed by atoms with Crippen LogP contribution in [0.3, 0.4) is 0 Å². The van der Waals surface area contributed by atoms with E-state index in [1.165, 1.54) is 0 Å². The number of ketones is 2. The second-order valence-electron chi connectivity index (χ2n) is 10.9. The molecule has 1 aliphatic rings. The van der Waals surface area contributed by atoms with E-state index in [0.29, 0.717) is 27.3 Å². The number of hydrogen-bond donors (Lipinski definition) is 1. The lowest BCUT2D eigenvalue weighted by Gasteiger charge is -2.18. The van der Waals surface area contributed by atoms with E-state index < -0.39 is 0 Å². The van der Waals surface area contributed by atoms with E-state index in [9.17, 15) is 9.59 Å². The van der Waals surface area contributed by atoms with Crippen LogP contribution in [-0.4, -0.2) is 21.5 Å². The minimum Gasteiger partial charge on any atom is -0.337 e. The van der Waals surface area contributed by atoms with Gasteiger partial charge in [-0.2, -0.15) is 0 Å². The van der Waals surface area contributed by atoms with Gasteiger partial charge in [-0.15, -0.1) is 0 Å². The van der Waals surface area contributed by atoms with Gasteiger partial charge in [-0.25, -0.2) is 4.98 Å². The SMILES string of the molecule is Clc1ccccc1-c1nc(-c2ccccc2)c(-c2ccccc2)[nH]1.O=C1c2ccccc2C(=O)c2cc(-c3ccccc3)ccc21. The van der Waals surface area contributed by atoms with Gasteiger partial charge in [-0.05, 0) is 35.4 Å². The van der Waals surface area contributed by atoms with Gasteiger partial charge in [-0.3, -0.25) is 9.59 Å². The molecule has 46 heavy (non-hydrogen) atoms. The number of rotatable bonds is 4. The number of carbonyl (C=O) groups is 2. The van der Waals surface area contributed by atoms with E-state index in [2.05, 4.69) is 29.2 Å². The molecule has 0 bridgehead atoms. The van der Waals surface area contributed by atoms with Crippen LogP contribution >= 0.6 is 11.6 Å². The predicted octanol–water partition coefficient (Wildman–Crippen LogP) is 10.2. The van der Waals surface area contributed by atoms with Gasteiger partial charge < -0.3 is 4.98 Å². The third-order valence-corrected chi connectivity index (χ3v) is 8.30. The number of aromatic amines is 1. The lowest BCUT2D eigenvalue weighted by molar-refractivity contribution is 0.0979. The first kappa shape index (κ1) is 28.9. The second-order valence-corrected chi connectivity index (χ2v) is 11.3. The van der Waals surface area contributed by atoms with Crippen LogP contribution in [0.5, 0.6) is 0 Å². The molecule has 0 aliphatic heterocycles. The van der Waals surface area contributed by atoms with Crippen molar-refractivity contribution in [3.8, 4) is 45.0 Å². The van der Waals surface area contributed by atoms with Crippen molar-refractivity contribution in [1.82, 2.24) is 9.97 Å². The molecular weight excluding hydrogens is 588 g/mol. The number of imidazole rings is 1. The van der Waals surface area contributed by atoms with Gasteiger partial charge in [0, 0.05) is 38.9 Å². The van der Waals surface area contributed by atoms with Gasteiger partial charge in [0.25, 0.3) is 0 Å². The number of aromatic nitrogens is 2. The highest BCUT2D eigenvalue weighted by atomic mass is 35.5. The summed E-state index contributed by atoms with van der Waals surface area (Å²) in [6.45, 7) is 0. The minimum atomic E-state index is -0.0806. The van der Waals surface area contributed by atoms with Gasteiger partial charge in [0.2, 0.25) is 0 Å². The number of nitrogens with one attached hydrogen (secondary N) is 1. The molecule has 0 spiro atoms. The molecular formula is C41H27ClN2O2. The van der Waals surface area contributed by atoms with Crippen molar-refractivity contribution in [2.24, 2.45) is 0 Å². The molecule has 1 aliphatic carbocycles. The van der Waals surface area contributed by atoms with E-state index in [4.69, 9.17) is 16.6 Å². The molecule has 0 unspecified atom stereocenters. The molecule has 5 heteroatoms. The Morgan fingerprint density at radius 1 is 0.435 bits per heavy atom. The first-order valence-corrected chi connectivity index (χ1v) is 15.3. The number of fused-ring (bicyclic) bond motifs is 2. The van der Waals surface area contributed by atoms with Crippen molar-refractivity contribution in [2.45, 2.75) is 0 Å². The number of benzene rings is 6. The molecule has 0 amide bonds. The highest BCUT2D eigenvalue weighted by Crippen LogP contribution is 2.35. The van der Waals surface area contributed by atoms with Crippen molar-refractivity contribution in [3.05, 3.63) is 185 Å². The van der Waals surface area contributed by atoms with E-state index in [1.54, 1.807) is 30.3 Å². The first-order chi connectivity index (χ1) is 22.6. The summed E-state index contributed by atoms with van der Waals surface area (Å²) in [6.07, 6.45) is 0. The third kappa shape index (κ3) is 5.58. The molecule has 7 aromatic rings. The van der Waals surface area contributed by atoms with Gasteiger partial charge in [0.15, 0.2) is 11.6 Å². The molecule has 220 valence electrons. The fourth-order valence-electron chi connectivity index (χ4n) is 5.68. The van der Waals surface area contributed by atoms with Crippen molar-refractivity contribution < 1.29 is 9.59 Å². The molecule has 0 fully saturated rings. The average molecular weight is 615 g/mol. The largest absolute Gasteiger partial charge is 0.337 e. The fraction of sp³-hybridized carbons (Fsp3) is 0. The predicted molar refractivity (Wildman–Crippen MR) is 185 cm³/mol. The van der Waals surface area contributed by atoms with Crippen LogP contribution in [0.2, 0.25) is 5.02 Å². The number of H-pyrrole nitrogens is 1. The normalized spacial score (nSPS) is 11.7. The summed E-state index contributed by atoms with van der Waals surface area (Å²) in [5.41, 5.74) is 8.94. The third-order valence-electron chi connectivity index (χ3n) is 7.97. The molecule has 0 atom stereocenters. The fourth-order valence-corrected chi connectivity index (χ4v) is 5.91. The molecule has 0 saturated carbocycles. The lowest BCUT2D eigenvalue weighted by Crippen LogP contribution is -2.20. The zero-order valence-corrected chi connectivity index (χ0v) is 25.4. The molecule has 8 rings (SSSR count). The summed E-state index contributed by atoms with van der Waals surface area (Å²) in [7, 11) is 0. The van der Waals surface area contributed by atoms with E-state index in [1.807, 2.05) is 103 Å². The Kier molecular flexibility index (Phi) is 7.94. The van der Waals surface area contributed by atoms with Gasteiger partial charge in [-0.1, -0.05) is 145 Å². The molecule has 0 radical (unpaired) electrons. The number of nitrogens with zero attached hydrogens (tertiary/aromatic N) is 1. The Labute approximate surface area is 272 Å². The summed E-state index contributed by atoms with van der Waals surface area (Å²) in [6, 6.07) is 50.5. The van der Waals surface area contributed by atoms with Crippen LogP contribution in [-0.2, 0) is 0 Å². The topological polar surface area (TPSA) is 62.8 Å². The number of hydrogen-bond acceptors (Lipinski definition) is 3. The summed E-state index contributed by atoms with van der Waals surface area (Å²) in [4.78, 5) is 33.5. The summed E-state index contributed by atoms with van der Waals surface area (Å²) < 4.78 is 0. The van der Waals surface area contributed by atoms with Crippen LogP contribution in [0.25, 0.3) is 45.0 Å². The maximum absolute atomic E-state index is 12.7. The molecule has 4 nitrogen and oxygen atoms in total. The van der Waals surface area contributed by atoms with Crippen LogP contribution in [0.15, 0.2) is 158 Å². The Morgan fingerprint density at radius 2 is 0.913 bits per heavy atom.